The lowest BCUT2D eigenvalue weighted by atomic mass is 9.77. The monoisotopic (exact) mass is 334 g/mol. The van der Waals surface area contributed by atoms with Gasteiger partial charge < -0.3 is 0 Å². The summed E-state index contributed by atoms with van der Waals surface area (Å²) in [7, 11) is 0. The van der Waals surface area contributed by atoms with Crippen LogP contribution in [0.1, 0.15) is 73.6 Å². The van der Waals surface area contributed by atoms with Crippen LogP contribution in [0.15, 0.2) is 42.5 Å². The van der Waals surface area contributed by atoms with Gasteiger partial charge in [0.15, 0.2) is 0 Å². The van der Waals surface area contributed by atoms with Crippen molar-refractivity contribution < 1.29 is 4.39 Å². The fourth-order valence-corrected chi connectivity index (χ4v) is 4.56. The topological polar surface area (TPSA) is 0 Å². The highest BCUT2D eigenvalue weighted by Gasteiger charge is 2.21. The third-order valence-electron chi connectivity index (χ3n) is 6.28. The molecule has 0 radical (unpaired) electrons. The number of halogens is 1. The van der Waals surface area contributed by atoms with Crippen molar-refractivity contribution >= 4 is 11.6 Å². The predicted molar refractivity (Wildman–Crippen MR) is 104 cm³/mol. The fourth-order valence-electron chi connectivity index (χ4n) is 4.56. The highest BCUT2D eigenvalue weighted by atomic mass is 19.1. The normalized spacial score (nSPS) is 23.0. The van der Waals surface area contributed by atoms with Gasteiger partial charge in [-0.2, -0.15) is 0 Å². The number of allylic oxidation sites excluding steroid dienone is 1. The lowest BCUT2D eigenvalue weighted by molar-refractivity contribution is 0.319. The molecule has 2 aliphatic carbocycles. The lowest BCUT2D eigenvalue weighted by Crippen LogP contribution is -2.12. The van der Waals surface area contributed by atoms with Crippen molar-refractivity contribution in [1.29, 1.82) is 0 Å². The molecule has 0 saturated heterocycles. The van der Waals surface area contributed by atoms with E-state index in [0.717, 1.165) is 30.2 Å². The van der Waals surface area contributed by atoms with E-state index in [-0.39, 0.29) is 5.82 Å². The number of aryl methyl sites for hydroxylation is 1. The van der Waals surface area contributed by atoms with Crippen LogP contribution in [0.3, 0.4) is 0 Å². The zero-order valence-electron chi connectivity index (χ0n) is 15.1. The van der Waals surface area contributed by atoms with E-state index < -0.39 is 0 Å². The predicted octanol–water partition coefficient (Wildman–Crippen LogP) is 7.00. The van der Waals surface area contributed by atoms with E-state index in [1.165, 1.54) is 54.4 Å². The first-order valence-electron chi connectivity index (χ1n) is 9.82. The van der Waals surface area contributed by atoms with Crippen LogP contribution < -0.4 is 0 Å². The average molecular weight is 334 g/mol. The van der Waals surface area contributed by atoms with Crippen molar-refractivity contribution in [3.8, 4) is 0 Å². The van der Waals surface area contributed by atoms with Gasteiger partial charge in [-0.25, -0.2) is 4.39 Å². The first-order chi connectivity index (χ1) is 12.2. The minimum absolute atomic E-state index is 0.144. The van der Waals surface area contributed by atoms with Gasteiger partial charge in [0.1, 0.15) is 5.82 Å². The molecule has 2 aliphatic rings. The molecule has 0 amide bonds. The van der Waals surface area contributed by atoms with Crippen molar-refractivity contribution in [2.75, 3.05) is 0 Å². The molecule has 0 unspecified atom stereocenters. The van der Waals surface area contributed by atoms with Gasteiger partial charge in [-0.1, -0.05) is 49.8 Å². The molecule has 130 valence electrons. The zero-order chi connectivity index (χ0) is 17.2. The molecule has 0 atom stereocenters. The number of benzene rings is 2. The number of hydrogen-bond acceptors (Lipinski definition) is 0. The smallest absolute Gasteiger partial charge is 0.123 e. The minimum atomic E-state index is -0.144. The number of rotatable bonds is 3. The molecule has 0 N–H and O–H groups in total. The Morgan fingerprint density at radius 1 is 0.920 bits per heavy atom. The maximum absolute atomic E-state index is 13.5. The molecular weight excluding hydrogens is 307 g/mol. The molecule has 1 fully saturated rings. The fraction of sp³-hybridized carbons (Fsp3) is 0.417. The maximum atomic E-state index is 13.5. The van der Waals surface area contributed by atoms with Crippen LogP contribution in [0.5, 0.6) is 0 Å². The molecule has 0 aromatic heterocycles. The summed E-state index contributed by atoms with van der Waals surface area (Å²) in [5, 5.41) is 0. The highest BCUT2D eigenvalue weighted by Crippen LogP contribution is 2.38. The van der Waals surface area contributed by atoms with Crippen LogP contribution in [0.4, 0.5) is 4.39 Å². The van der Waals surface area contributed by atoms with E-state index in [1.54, 1.807) is 12.1 Å². The van der Waals surface area contributed by atoms with Gasteiger partial charge in [0, 0.05) is 0 Å². The third kappa shape index (κ3) is 3.56. The van der Waals surface area contributed by atoms with E-state index >= 15 is 0 Å². The summed E-state index contributed by atoms with van der Waals surface area (Å²) in [6.45, 7) is 2.32. The lowest BCUT2D eigenvalue weighted by Gasteiger charge is -2.28. The molecule has 0 bridgehead atoms. The summed E-state index contributed by atoms with van der Waals surface area (Å²) < 4.78 is 13.5. The van der Waals surface area contributed by atoms with Gasteiger partial charge in [-0.3, -0.25) is 0 Å². The van der Waals surface area contributed by atoms with E-state index in [9.17, 15) is 4.39 Å². The van der Waals surface area contributed by atoms with E-state index in [0.29, 0.717) is 0 Å². The zero-order valence-corrected chi connectivity index (χ0v) is 15.1. The molecule has 2 aromatic rings. The van der Waals surface area contributed by atoms with E-state index in [1.807, 2.05) is 6.07 Å². The SMILES string of the molecule is CCC1CCC(c2ccc(C3=Cc4cc(F)ccc4CC3)cc2)CC1. The van der Waals surface area contributed by atoms with Crippen LogP contribution in [-0.4, -0.2) is 0 Å². The molecule has 1 saturated carbocycles. The highest BCUT2D eigenvalue weighted by molar-refractivity contribution is 5.84. The van der Waals surface area contributed by atoms with Crippen LogP contribution in [-0.2, 0) is 6.42 Å². The standard InChI is InChI=1S/C24H27F/c1-2-17-3-5-18(6-4-17)19-7-9-20(10-8-19)22-12-11-21-13-14-24(25)16-23(21)15-22/h7-10,13-18H,2-6,11-12H2,1H3. The molecule has 0 spiro atoms. The Morgan fingerprint density at radius 3 is 2.40 bits per heavy atom. The second kappa shape index (κ2) is 7.15. The summed E-state index contributed by atoms with van der Waals surface area (Å²) in [6.07, 6.45) is 11.0. The first-order valence-corrected chi connectivity index (χ1v) is 9.82. The summed E-state index contributed by atoms with van der Waals surface area (Å²) in [5.74, 6) is 1.55. The van der Waals surface area contributed by atoms with Crippen molar-refractivity contribution in [3.63, 3.8) is 0 Å². The van der Waals surface area contributed by atoms with Gasteiger partial charge in [0.05, 0.1) is 0 Å². The molecule has 4 rings (SSSR count). The molecule has 25 heavy (non-hydrogen) atoms. The molecule has 0 aliphatic heterocycles. The van der Waals surface area contributed by atoms with E-state index in [2.05, 4.69) is 37.3 Å². The van der Waals surface area contributed by atoms with Crippen molar-refractivity contribution in [3.05, 3.63) is 70.5 Å². The quantitative estimate of drug-likeness (QED) is 0.567. The van der Waals surface area contributed by atoms with Crippen LogP contribution >= 0.6 is 0 Å². The van der Waals surface area contributed by atoms with Gasteiger partial charge in [0.25, 0.3) is 0 Å². The molecule has 0 nitrogen and oxygen atoms in total. The van der Waals surface area contributed by atoms with Crippen LogP contribution in [0.25, 0.3) is 11.6 Å². The van der Waals surface area contributed by atoms with Crippen LogP contribution in [0, 0.1) is 11.7 Å². The Bertz CT molecular complexity index is 761. The molecule has 2 aromatic carbocycles. The Morgan fingerprint density at radius 2 is 1.68 bits per heavy atom. The van der Waals surface area contributed by atoms with Crippen molar-refractivity contribution in [1.82, 2.24) is 0 Å². The maximum Gasteiger partial charge on any atom is 0.123 e. The number of fused-ring (bicyclic) bond motifs is 1. The Kier molecular flexibility index (Phi) is 4.74. The molecule has 0 heterocycles. The van der Waals surface area contributed by atoms with Crippen molar-refractivity contribution in [2.45, 2.75) is 57.8 Å². The summed E-state index contributed by atoms with van der Waals surface area (Å²) in [4.78, 5) is 0. The first kappa shape index (κ1) is 16.6. The largest absolute Gasteiger partial charge is 0.207 e. The van der Waals surface area contributed by atoms with Gasteiger partial charge in [-0.15, -0.1) is 0 Å². The minimum Gasteiger partial charge on any atom is -0.207 e. The van der Waals surface area contributed by atoms with Crippen molar-refractivity contribution in [2.24, 2.45) is 5.92 Å². The van der Waals surface area contributed by atoms with Gasteiger partial charge >= 0.3 is 0 Å². The Hall–Kier alpha value is -1.89. The van der Waals surface area contributed by atoms with Gasteiger partial charge in [-0.05, 0) is 90.3 Å². The molecular formula is C24H27F. The van der Waals surface area contributed by atoms with Crippen LogP contribution in [0.2, 0.25) is 0 Å². The second-order valence-electron chi connectivity index (χ2n) is 7.76. The Labute approximate surface area is 150 Å². The third-order valence-corrected chi connectivity index (χ3v) is 6.28. The Balaban J connectivity index is 1.51. The summed E-state index contributed by atoms with van der Waals surface area (Å²) in [6, 6.07) is 14.4. The average Bonchev–Trinajstić information content (AvgIpc) is 2.67. The van der Waals surface area contributed by atoms with Gasteiger partial charge in [0.2, 0.25) is 0 Å². The molecule has 1 heteroatoms. The number of hydrogen-bond donors (Lipinski definition) is 0. The van der Waals surface area contributed by atoms with E-state index in [4.69, 9.17) is 0 Å². The summed E-state index contributed by atoms with van der Waals surface area (Å²) in [5.41, 5.74) is 6.43. The summed E-state index contributed by atoms with van der Waals surface area (Å²) >= 11 is 0. The second-order valence-corrected chi connectivity index (χ2v) is 7.76.